The number of primary amides is 1. The van der Waals surface area contributed by atoms with E-state index < -0.39 is 54.6 Å². The van der Waals surface area contributed by atoms with Gasteiger partial charge in [0.1, 0.15) is 12.6 Å². The van der Waals surface area contributed by atoms with E-state index in [9.17, 15) is 32.7 Å². The zero-order chi connectivity index (χ0) is 24.4. The molecule has 0 spiro atoms. The highest BCUT2D eigenvalue weighted by atomic mass is 19.4. The smallest absolute Gasteiger partial charge is 0.416 e. The molecule has 33 heavy (non-hydrogen) atoms. The summed E-state index contributed by atoms with van der Waals surface area (Å²) in [7, 11) is 0. The summed E-state index contributed by atoms with van der Waals surface area (Å²) in [6.45, 7) is -0.303. The quantitative estimate of drug-likeness (QED) is 0.424. The summed E-state index contributed by atoms with van der Waals surface area (Å²) in [6.07, 6.45) is -7.78. The molecule has 0 aliphatic heterocycles. The van der Waals surface area contributed by atoms with Crippen molar-refractivity contribution in [3.8, 4) is 0 Å². The third kappa shape index (κ3) is 8.81. The summed E-state index contributed by atoms with van der Waals surface area (Å²) >= 11 is 0. The molecule has 0 aliphatic rings. The van der Waals surface area contributed by atoms with E-state index >= 15 is 0 Å². The lowest BCUT2D eigenvalue weighted by Crippen LogP contribution is -2.47. The van der Waals surface area contributed by atoms with E-state index in [-0.39, 0.29) is 18.7 Å². The molecule has 2 atom stereocenters. The molecule has 2 aromatic rings. The first-order valence-electron chi connectivity index (χ1n) is 9.92. The van der Waals surface area contributed by atoms with Crippen molar-refractivity contribution in [3.05, 3.63) is 71.3 Å². The highest BCUT2D eigenvalue weighted by molar-refractivity contribution is 5.87. The Balaban J connectivity index is 1.83. The van der Waals surface area contributed by atoms with Crippen molar-refractivity contribution in [1.29, 1.82) is 0 Å². The molecule has 0 unspecified atom stereocenters. The van der Waals surface area contributed by atoms with E-state index in [1.165, 1.54) is 18.2 Å². The van der Waals surface area contributed by atoms with Crippen molar-refractivity contribution >= 4 is 17.9 Å². The van der Waals surface area contributed by atoms with Crippen LogP contribution in [-0.2, 0) is 33.5 Å². The number of benzene rings is 2. The van der Waals surface area contributed by atoms with E-state index in [0.29, 0.717) is 0 Å². The second-order valence-corrected chi connectivity index (χ2v) is 7.18. The number of alkyl carbamates (subject to hydrolysis) is 1. The molecule has 5 N–H and O–H groups in total. The summed E-state index contributed by atoms with van der Waals surface area (Å²) in [4.78, 5) is 35.5. The number of aliphatic hydroxyl groups excluding tert-OH is 1. The first-order valence-corrected chi connectivity index (χ1v) is 9.92. The van der Waals surface area contributed by atoms with Crippen LogP contribution >= 0.6 is 0 Å². The average Bonchev–Trinajstić information content (AvgIpc) is 2.76. The van der Waals surface area contributed by atoms with Gasteiger partial charge in [0.2, 0.25) is 11.8 Å². The monoisotopic (exact) mass is 467 g/mol. The molecule has 3 amide bonds. The number of hydrogen-bond donors (Lipinski definition) is 4. The number of carbonyl (C=O) groups is 3. The van der Waals surface area contributed by atoms with Crippen LogP contribution in [0.3, 0.4) is 0 Å². The first-order chi connectivity index (χ1) is 15.6. The maximum atomic E-state index is 13.2. The van der Waals surface area contributed by atoms with Gasteiger partial charge in [0, 0.05) is 13.0 Å². The van der Waals surface area contributed by atoms with Gasteiger partial charge in [0.25, 0.3) is 0 Å². The molecule has 0 radical (unpaired) electrons. The van der Waals surface area contributed by atoms with E-state index in [4.69, 9.17) is 10.5 Å². The summed E-state index contributed by atoms with van der Waals surface area (Å²) < 4.78 is 44.4. The predicted molar refractivity (Wildman–Crippen MR) is 112 cm³/mol. The van der Waals surface area contributed by atoms with E-state index in [1.54, 1.807) is 24.3 Å². The van der Waals surface area contributed by atoms with Crippen molar-refractivity contribution in [3.63, 3.8) is 0 Å². The third-order valence-corrected chi connectivity index (χ3v) is 4.54. The Morgan fingerprint density at radius 2 is 1.67 bits per heavy atom. The van der Waals surface area contributed by atoms with Crippen molar-refractivity contribution in [1.82, 2.24) is 10.6 Å². The normalized spacial score (nSPS) is 13.0. The van der Waals surface area contributed by atoms with Crippen molar-refractivity contribution in [2.75, 3.05) is 6.54 Å². The molecule has 11 heteroatoms. The minimum absolute atomic E-state index is 0.0168. The van der Waals surface area contributed by atoms with Crippen LogP contribution in [0.15, 0.2) is 54.6 Å². The topological polar surface area (TPSA) is 131 Å². The standard InChI is InChI=1S/C22H24F3N3O5/c23-22(24,25)17-9-5-4-8-15(17)10-18(20(26)31)28-19(30)11-16(29)12-27-21(32)33-13-14-6-2-1-3-7-14/h1-9,16,18,29H,10-13H2,(H2,26,31)(H,27,32)(H,28,30)/t16-,18-/m1/s1. The average molecular weight is 467 g/mol. The highest BCUT2D eigenvalue weighted by Crippen LogP contribution is 2.32. The molecule has 0 bridgehead atoms. The van der Waals surface area contributed by atoms with E-state index in [2.05, 4.69) is 10.6 Å². The fourth-order valence-corrected chi connectivity index (χ4v) is 2.93. The summed E-state index contributed by atoms with van der Waals surface area (Å²) in [6, 6.07) is 12.1. The summed E-state index contributed by atoms with van der Waals surface area (Å²) in [5, 5.41) is 14.5. The lowest BCUT2D eigenvalue weighted by atomic mass is 9.99. The maximum Gasteiger partial charge on any atom is 0.416 e. The Hall–Kier alpha value is -3.60. The van der Waals surface area contributed by atoms with E-state index in [0.717, 1.165) is 11.6 Å². The zero-order valence-electron chi connectivity index (χ0n) is 17.5. The number of ether oxygens (including phenoxy) is 1. The molecule has 0 saturated heterocycles. The fraction of sp³-hybridized carbons (Fsp3) is 0.318. The predicted octanol–water partition coefficient (Wildman–Crippen LogP) is 1.90. The molecule has 178 valence electrons. The molecule has 2 aromatic carbocycles. The SMILES string of the molecule is NC(=O)[C@@H](Cc1ccccc1C(F)(F)F)NC(=O)C[C@@H](O)CNC(=O)OCc1ccccc1. The lowest BCUT2D eigenvalue weighted by Gasteiger charge is -2.19. The van der Waals surface area contributed by atoms with Crippen molar-refractivity contribution in [2.45, 2.75) is 37.8 Å². The molecule has 0 aromatic heterocycles. The summed E-state index contributed by atoms with van der Waals surface area (Å²) in [5.74, 6) is -1.85. The van der Waals surface area contributed by atoms with Gasteiger partial charge in [-0.15, -0.1) is 0 Å². The zero-order valence-corrected chi connectivity index (χ0v) is 17.5. The Kier molecular flexibility index (Phi) is 9.22. The number of nitrogens with one attached hydrogen (secondary N) is 2. The number of hydrogen-bond acceptors (Lipinski definition) is 5. The minimum atomic E-state index is -4.64. The van der Waals surface area contributed by atoms with Crippen molar-refractivity contribution < 1.29 is 37.4 Å². The molecule has 8 nitrogen and oxygen atoms in total. The molecule has 0 saturated carbocycles. The maximum absolute atomic E-state index is 13.2. The van der Waals surface area contributed by atoms with E-state index in [1.807, 2.05) is 6.07 Å². The summed E-state index contributed by atoms with van der Waals surface area (Å²) in [5.41, 5.74) is 4.84. The van der Waals surface area contributed by atoms with Gasteiger partial charge in [0.05, 0.1) is 18.1 Å². The largest absolute Gasteiger partial charge is 0.445 e. The van der Waals surface area contributed by atoms with Crippen LogP contribution in [0.1, 0.15) is 23.1 Å². The van der Waals surface area contributed by atoms with Gasteiger partial charge in [-0.1, -0.05) is 48.5 Å². The van der Waals surface area contributed by atoms with Crippen LogP contribution in [0.5, 0.6) is 0 Å². The van der Waals surface area contributed by atoms with Crippen LogP contribution < -0.4 is 16.4 Å². The number of alkyl halides is 3. The Morgan fingerprint density at radius 3 is 2.30 bits per heavy atom. The molecular weight excluding hydrogens is 443 g/mol. The Labute approximate surface area is 187 Å². The number of carbonyl (C=O) groups excluding carboxylic acids is 3. The number of amides is 3. The van der Waals surface area contributed by atoms with Crippen LogP contribution in [0, 0.1) is 0 Å². The second kappa shape index (κ2) is 11.9. The van der Waals surface area contributed by atoms with Gasteiger partial charge >= 0.3 is 12.3 Å². The molecular formula is C22H24F3N3O5. The van der Waals surface area contributed by atoms with Gasteiger partial charge in [-0.25, -0.2) is 4.79 Å². The number of nitrogens with two attached hydrogens (primary N) is 1. The van der Waals surface area contributed by atoms with Crippen LogP contribution in [0.25, 0.3) is 0 Å². The van der Waals surface area contributed by atoms with Crippen LogP contribution in [0.2, 0.25) is 0 Å². The van der Waals surface area contributed by atoms with Gasteiger partial charge < -0.3 is 26.2 Å². The second-order valence-electron chi connectivity index (χ2n) is 7.18. The highest BCUT2D eigenvalue weighted by Gasteiger charge is 2.34. The molecule has 0 heterocycles. The Morgan fingerprint density at radius 1 is 1.03 bits per heavy atom. The van der Waals surface area contributed by atoms with Gasteiger partial charge in [0.15, 0.2) is 0 Å². The number of halogens is 3. The fourth-order valence-electron chi connectivity index (χ4n) is 2.93. The van der Waals surface area contributed by atoms with Crippen LogP contribution in [0.4, 0.5) is 18.0 Å². The van der Waals surface area contributed by atoms with Crippen LogP contribution in [-0.4, -0.2) is 41.7 Å². The van der Waals surface area contributed by atoms with Gasteiger partial charge in [-0.2, -0.15) is 13.2 Å². The molecule has 2 rings (SSSR count). The molecule has 0 aliphatic carbocycles. The van der Waals surface area contributed by atoms with Gasteiger partial charge in [-0.3, -0.25) is 9.59 Å². The number of aliphatic hydroxyl groups is 1. The molecule has 0 fully saturated rings. The first kappa shape index (κ1) is 25.7. The minimum Gasteiger partial charge on any atom is -0.445 e. The third-order valence-electron chi connectivity index (χ3n) is 4.54. The number of rotatable bonds is 10. The van der Waals surface area contributed by atoms with Crippen molar-refractivity contribution in [2.24, 2.45) is 5.73 Å². The lowest BCUT2D eigenvalue weighted by molar-refractivity contribution is -0.138. The van der Waals surface area contributed by atoms with Gasteiger partial charge in [-0.05, 0) is 17.2 Å². The Bertz CT molecular complexity index is 954.